The third kappa shape index (κ3) is 1.93. The highest BCUT2D eigenvalue weighted by Gasteiger charge is 2.29. The fraction of sp³-hybridized carbons (Fsp3) is 0.357. The maximum atomic E-state index is 5.57. The van der Waals surface area contributed by atoms with Gasteiger partial charge in [-0.15, -0.1) is 5.10 Å². The lowest BCUT2D eigenvalue weighted by molar-refractivity contribution is 0.506. The molecule has 6 heteroatoms. The maximum Gasteiger partial charge on any atom is 0.315 e. The average Bonchev–Trinajstić information content (AvgIpc) is 3.13. The molecule has 1 aliphatic rings. The zero-order valence-corrected chi connectivity index (χ0v) is 11.2. The minimum atomic E-state index is 0.471. The van der Waals surface area contributed by atoms with Gasteiger partial charge in [-0.1, -0.05) is 17.2 Å². The quantitative estimate of drug-likeness (QED) is 0.787. The van der Waals surface area contributed by atoms with E-state index in [9.17, 15) is 0 Å². The second kappa shape index (κ2) is 4.33. The van der Waals surface area contributed by atoms with Gasteiger partial charge in [0.15, 0.2) is 0 Å². The first-order valence-corrected chi connectivity index (χ1v) is 6.79. The summed E-state index contributed by atoms with van der Waals surface area (Å²) in [5.74, 6) is 2.17. The Kier molecular flexibility index (Phi) is 2.48. The average molecular weight is 269 g/mol. The Hall–Kier alpha value is -2.37. The fourth-order valence-electron chi connectivity index (χ4n) is 2.31. The standard InChI is InChI=1S/C14H15N5O/c1-19-11-5-3-2-4-10(11)16-12(19)8-15-14-18-17-13(20-14)9-6-7-9/h2-5,9H,6-8H2,1H3,(H,15,18). The highest BCUT2D eigenvalue weighted by atomic mass is 16.4. The smallest absolute Gasteiger partial charge is 0.315 e. The molecule has 0 atom stereocenters. The zero-order valence-electron chi connectivity index (χ0n) is 11.2. The maximum absolute atomic E-state index is 5.57. The monoisotopic (exact) mass is 269 g/mol. The number of aryl methyl sites for hydroxylation is 1. The van der Waals surface area contributed by atoms with E-state index in [1.54, 1.807) is 0 Å². The van der Waals surface area contributed by atoms with Crippen LogP contribution in [-0.2, 0) is 13.6 Å². The summed E-state index contributed by atoms with van der Waals surface area (Å²) in [5, 5.41) is 11.2. The molecule has 1 aromatic carbocycles. The molecule has 2 heterocycles. The number of rotatable bonds is 4. The van der Waals surface area contributed by atoms with Gasteiger partial charge in [-0.05, 0) is 25.0 Å². The summed E-state index contributed by atoms with van der Waals surface area (Å²) >= 11 is 0. The number of nitrogens with one attached hydrogen (secondary N) is 1. The van der Waals surface area contributed by atoms with Crippen LogP contribution in [0.4, 0.5) is 6.01 Å². The molecule has 0 spiro atoms. The molecule has 102 valence electrons. The molecule has 0 saturated heterocycles. The van der Waals surface area contributed by atoms with Crippen molar-refractivity contribution in [2.75, 3.05) is 5.32 Å². The van der Waals surface area contributed by atoms with Crippen molar-refractivity contribution in [3.8, 4) is 0 Å². The molecule has 1 saturated carbocycles. The Bertz CT molecular complexity index is 756. The van der Waals surface area contributed by atoms with Crippen LogP contribution in [-0.4, -0.2) is 19.7 Å². The van der Waals surface area contributed by atoms with Crippen molar-refractivity contribution in [3.63, 3.8) is 0 Å². The highest BCUT2D eigenvalue weighted by Crippen LogP contribution is 2.39. The van der Waals surface area contributed by atoms with Crippen LogP contribution in [0.3, 0.4) is 0 Å². The lowest BCUT2D eigenvalue weighted by Crippen LogP contribution is -2.06. The van der Waals surface area contributed by atoms with Gasteiger partial charge in [0.25, 0.3) is 0 Å². The molecule has 0 amide bonds. The minimum Gasteiger partial charge on any atom is -0.408 e. The van der Waals surface area contributed by atoms with E-state index in [1.165, 1.54) is 0 Å². The summed E-state index contributed by atoms with van der Waals surface area (Å²) in [7, 11) is 2.01. The predicted molar refractivity (Wildman–Crippen MR) is 74.3 cm³/mol. The van der Waals surface area contributed by atoms with Gasteiger partial charge < -0.3 is 14.3 Å². The van der Waals surface area contributed by atoms with Gasteiger partial charge in [-0.3, -0.25) is 0 Å². The SMILES string of the molecule is Cn1c(CNc2nnc(C3CC3)o2)nc2ccccc21. The Labute approximate surface area is 115 Å². The first-order chi connectivity index (χ1) is 9.81. The third-order valence-electron chi connectivity index (χ3n) is 3.64. The van der Waals surface area contributed by atoms with E-state index in [2.05, 4.69) is 31.1 Å². The van der Waals surface area contributed by atoms with Gasteiger partial charge >= 0.3 is 6.01 Å². The zero-order chi connectivity index (χ0) is 13.5. The molecule has 0 unspecified atom stereocenters. The molecule has 2 aromatic heterocycles. The van der Waals surface area contributed by atoms with Crippen LogP contribution in [0.2, 0.25) is 0 Å². The summed E-state index contributed by atoms with van der Waals surface area (Å²) in [6, 6.07) is 8.55. The Morgan fingerprint density at radius 2 is 2.15 bits per heavy atom. The first kappa shape index (κ1) is 11.5. The summed E-state index contributed by atoms with van der Waals surface area (Å²) in [6.45, 7) is 0.567. The molecule has 0 radical (unpaired) electrons. The van der Waals surface area contributed by atoms with E-state index in [-0.39, 0.29) is 0 Å². The van der Waals surface area contributed by atoms with Crippen molar-refractivity contribution in [1.82, 2.24) is 19.7 Å². The largest absolute Gasteiger partial charge is 0.408 e. The topological polar surface area (TPSA) is 68.8 Å². The number of aromatic nitrogens is 4. The number of anilines is 1. The number of hydrogen-bond donors (Lipinski definition) is 1. The lowest BCUT2D eigenvalue weighted by atomic mass is 10.3. The van der Waals surface area contributed by atoms with E-state index >= 15 is 0 Å². The van der Waals surface area contributed by atoms with Crippen molar-refractivity contribution < 1.29 is 4.42 Å². The van der Waals surface area contributed by atoms with Gasteiger partial charge in [0.2, 0.25) is 5.89 Å². The molecule has 0 aliphatic heterocycles. The van der Waals surface area contributed by atoms with E-state index in [4.69, 9.17) is 4.42 Å². The number of hydrogen-bond acceptors (Lipinski definition) is 5. The van der Waals surface area contributed by atoms with Gasteiger partial charge in [0, 0.05) is 13.0 Å². The summed E-state index contributed by atoms with van der Waals surface area (Å²) < 4.78 is 7.64. The number of benzene rings is 1. The number of fused-ring (bicyclic) bond motifs is 1. The van der Waals surface area contributed by atoms with Crippen LogP contribution in [0.15, 0.2) is 28.7 Å². The Morgan fingerprint density at radius 3 is 2.95 bits per heavy atom. The number of para-hydroxylation sites is 2. The van der Waals surface area contributed by atoms with Crippen molar-refractivity contribution in [2.24, 2.45) is 7.05 Å². The van der Waals surface area contributed by atoms with Gasteiger partial charge in [-0.25, -0.2) is 4.98 Å². The molecular weight excluding hydrogens is 254 g/mol. The molecule has 1 aliphatic carbocycles. The van der Waals surface area contributed by atoms with Crippen LogP contribution in [0.25, 0.3) is 11.0 Å². The summed E-state index contributed by atoms with van der Waals surface area (Å²) in [4.78, 5) is 4.59. The van der Waals surface area contributed by atoms with Gasteiger partial charge in [-0.2, -0.15) is 0 Å². The van der Waals surface area contributed by atoms with Crippen LogP contribution in [0.5, 0.6) is 0 Å². The minimum absolute atomic E-state index is 0.471. The molecular formula is C14H15N5O. The van der Waals surface area contributed by atoms with Crippen LogP contribution in [0, 0.1) is 0 Å². The number of nitrogens with zero attached hydrogens (tertiary/aromatic N) is 4. The van der Waals surface area contributed by atoms with Crippen molar-refractivity contribution in [2.45, 2.75) is 25.3 Å². The molecule has 20 heavy (non-hydrogen) atoms. The lowest BCUT2D eigenvalue weighted by Gasteiger charge is -2.02. The molecule has 1 N–H and O–H groups in total. The van der Waals surface area contributed by atoms with Crippen molar-refractivity contribution in [3.05, 3.63) is 36.0 Å². The molecule has 6 nitrogen and oxygen atoms in total. The second-order valence-corrected chi connectivity index (χ2v) is 5.15. The Balaban J connectivity index is 1.53. The van der Waals surface area contributed by atoms with E-state index in [0.717, 1.165) is 35.6 Å². The summed E-state index contributed by atoms with van der Waals surface area (Å²) in [5.41, 5.74) is 2.12. The molecule has 3 aromatic rings. The van der Waals surface area contributed by atoms with Gasteiger partial charge in [0.1, 0.15) is 5.82 Å². The molecule has 0 bridgehead atoms. The normalized spacial score (nSPS) is 14.8. The molecule has 4 rings (SSSR count). The highest BCUT2D eigenvalue weighted by molar-refractivity contribution is 5.75. The number of imidazole rings is 1. The van der Waals surface area contributed by atoms with Crippen LogP contribution < -0.4 is 5.32 Å². The Morgan fingerprint density at radius 1 is 1.30 bits per heavy atom. The van der Waals surface area contributed by atoms with Crippen LogP contribution >= 0.6 is 0 Å². The summed E-state index contributed by atoms with van der Waals surface area (Å²) in [6.07, 6.45) is 2.32. The van der Waals surface area contributed by atoms with Crippen molar-refractivity contribution >= 4 is 17.0 Å². The third-order valence-corrected chi connectivity index (χ3v) is 3.64. The molecule has 1 fully saturated rings. The fourth-order valence-corrected chi connectivity index (χ4v) is 2.31. The second-order valence-electron chi connectivity index (χ2n) is 5.15. The van der Waals surface area contributed by atoms with Gasteiger partial charge in [0.05, 0.1) is 17.6 Å². The van der Waals surface area contributed by atoms with Crippen LogP contribution in [0.1, 0.15) is 30.5 Å². The van der Waals surface area contributed by atoms with E-state index < -0.39 is 0 Å². The van der Waals surface area contributed by atoms with E-state index in [1.807, 2.05) is 25.2 Å². The first-order valence-electron chi connectivity index (χ1n) is 6.79. The van der Waals surface area contributed by atoms with Crippen molar-refractivity contribution in [1.29, 1.82) is 0 Å². The van der Waals surface area contributed by atoms with E-state index in [0.29, 0.717) is 18.5 Å². The predicted octanol–water partition coefficient (Wildman–Crippen LogP) is 2.45.